The van der Waals surface area contributed by atoms with Crippen LogP contribution in [0, 0.1) is 11.8 Å². The summed E-state index contributed by atoms with van der Waals surface area (Å²) < 4.78 is 0. The second-order valence-corrected chi connectivity index (χ2v) is 6.93. The molecule has 1 saturated heterocycles. The van der Waals surface area contributed by atoms with Crippen molar-refractivity contribution in [1.29, 1.82) is 0 Å². The van der Waals surface area contributed by atoms with Gasteiger partial charge in [-0.1, -0.05) is 26.2 Å². The van der Waals surface area contributed by atoms with E-state index in [-0.39, 0.29) is 17.7 Å². The molecule has 1 N–H and O–H groups in total. The van der Waals surface area contributed by atoms with E-state index in [2.05, 4.69) is 17.1 Å². The van der Waals surface area contributed by atoms with Crippen LogP contribution in [-0.4, -0.2) is 36.3 Å². The Labute approximate surface area is 135 Å². The van der Waals surface area contributed by atoms with Gasteiger partial charge in [-0.25, -0.2) is 0 Å². The van der Waals surface area contributed by atoms with Crippen molar-refractivity contribution < 1.29 is 9.59 Å². The number of amides is 2. The number of hydrogen-bond donors (Lipinski definition) is 1. The number of rotatable bonds is 5. The Kier molecular flexibility index (Phi) is 7.20. The van der Waals surface area contributed by atoms with Crippen LogP contribution in [0.3, 0.4) is 0 Å². The van der Waals surface area contributed by atoms with E-state index in [0.717, 1.165) is 71.0 Å². The topological polar surface area (TPSA) is 49.4 Å². The highest BCUT2D eigenvalue weighted by molar-refractivity contribution is 5.81. The van der Waals surface area contributed by atoms with E-state index in [1.54, 1.807) is 0 Å². The van der Waals surface area contributed by atoms with E-state index in [1.807, 2.05) is 0 Å². The molecule has 1 aliphatic heterocycles. The third kappa shape index (κ3) is 4.99. The number of likely N-dealkylation sites (tertiary alicyclic amines) is 1. The zero-order valence-electron chi connectivity index (χ0n) is 14.1. The van der Waals surface area contributed by atoms with Gasteiger partial charge in [-0.2, -0.15) is 0 Å². The molecule has 1 aliphatic carbocycles. The third-order valence-corrected chi connectivity index (χ3v) is 5.19. The molecule has 1 saturated carbocycles. The van der Waals surface area contributed by atoms with Crippen molar-refractivity contribution in [3.63, 3.8) is 0 Å². The number of hydrogen-bond acceptors (Lipinski definition) is 2. The smallest absolute Gasteiger partial charge is 0.225 e. The van der Waals surface area contributed by atoms with E-state index >= 15 is 0 Å². The van der Waals surface area contributed by atoms with Crippen LogP contribution in [0.5, 0.6) is 0 Å². The Hall–Kier alpha value is -1.06. The van der Waals surface area contributed by atoms with Crippen molar-refractivity contribution in [2.24, 2.45) is 11.8 Å². The molecule has 0 aromatic rings. The van der Waals surface area contributed by atoms with Crippen molar-refractivity contribution >= 4 is 11.8 Å². The molecule has 0 aromatic heterocycles. The average molecular weight is 308 g/mol. The average Bonchev–Trinajstić information content (AvgIpc) is 2.84. The molecule has 0 spiro atoms. The summed E-state index contributed by atoms with van der Waals surface area (Å²) in [6.45, 7) is 4.81. The van der Waals surface area contributed by atoms with Crippen LogP contribution >= 0.6 is 0 Å². The van der Waals surface area contributed by atoms with Gasteiger partial charge in [0.25, 0.3) is 0 Å². The predicted molar refractivity (Wildman–Crippen MR) is 88.4 cm³/mol. The molecule has 1 heterocycles. The first-order valence-electron chi connectivity index (χ1n) is 9.29. The maximum Gasteiger partial charge on any atom is 0.225 e. The predicted octanol–water partition coefficient (Wildman–Crippen LogP) is 3.11. The maximum absolute atomic E-state index is 12.6. The summed E-state index contributed by atoms with van der Waals surface area (Å²) >= 11 is 0. The van der Waals surface area contributed by atoms with Gasteiger partial charge in [0.1, 0.15) is 0 Å². The lowest BCUT2D eigenvalue weighted by molar-refractivity contribution is -0.138. The molecule has 0 radical (unpaired) electrons. The maximum atomic E-state index is 12.6. The highest BCUT2D eigenvalue weighted by Crippen LogP contribution is 2.30. The largest absolute Gasteiger partial charge is 0.356 e. The van der Waals surface area contributed by atoms with Crippen molar-refractivity contribution in [3.8, 4) is 0 Å². The van der Waals surface area contributed by atoms with Gasteiger partial charge in [-0.3, -0.25) is 9.59 Å². The fourth-order valence-corrected chi connectivity index (χ4v) is 3.68. The van der Waals surface area contributed by atoms with Gasteiger partial charge in [-0.05, 0) is 44.9 Å². The highest BCUT2D eigenvalue weighted by atomic mass is 16.2. The van der Waals surface area contributed by atoms with Gasteiger partial charge in [0.2, 0.25) is 11.8 Å². The van der Waals surface area contributed by atoms with Crippen LogP contribution in [-0.2, 0) is 9.59 Å². The Morgan fingerprint density at radius 2 is 1.55 bits per heavy atom. The third-order valence-electron chi connectivity index (χ3n) is 5.19. The number of nitrogens with zero attached hydrogens (tertiary/aromatic N) is 1. The molecule has 2 fully saturated rings. The molecule has 0 unspecified atom stereocenters. The molecule has 2 rings (SSSR count). The fraction of sp³-hybridized carbons (Fsp3) is 0.889. The molecule has 4 nitrogen and oxygen atoms in total. The molecule has 0 aromatic carbocycles. The first kappa shape index (κ1) is 17.3. The number of nitrogens with one attached hydrogen (secondary N) is 1. The van der Waals surface area contributed by atoms with E-state index in [9.17, 15) is 9.59 Å². The Morgan fingerprint density at radius 1 is 0.955 bits per heavy atom. The van der Waals surface area contributed by atoms with E-state index in [4.69, 9.17) is 0 Å². The number of carbonyl (C=O) groups excluding carboxylic acids is 2. The minimum absolute atomic E-state index is 0.130. The summed E-state index contributed by atoms with van der Waals surface area (Å²) in [4.78, 5) is 26.8. The zero-order chi connectivity index (χ0) is 15.8. The quantitative estimate of drug-likeness (QED) is 0.793. The van der Waals surface area contributed by atoms with Gasteiger partial charge in [-0.15, -0.1) is 0 Å². The molecule has 126 valence electrons. The lowest BCUT2D eigenvalue weighted by Gasteiger charge is -2.31. The molecule has 0 bridgehead atoms. The first-order valence-corrected chi connectivity index (χ1v) is 9.29. The molecular formula is C18H32N2O2. The van der Waals surface area contributed by atoms with Crippen LogP contribution < -0.4 is 5.32 Å². The molecular weight excluding hydrogens is 276 g/mol. The normalized spacial score (nSPS) is 26.3. The second kappa shape index (κ2) is 9.16. The SMILES string of the molecule is CCCCNC(=O)C1CCC(C(=O)N2CCCCCC2)CC1. The molecule has 2 aliphatic rings. The van der Waals surface area contributed by atoms with E-state index in [0.29, 0.717) is 5.91 Å². The lowest BCUT2D eigenvalue weighted by atomic mass is 9.81. The zero-order valence-corrected chi connectivity index (χ0v) is 14.1. The minimum Gasteiger partial charge on any atom is -0.356 e. The summed E-state index contributed by atoms with van der Waals surface area (Å²) in [5, 5.41) is 3.03. The van der Waals surface area contributed by atoms with Crippen LogP contribution in [0.15, 0.2) is 0 Å². The Balaban J connectivity index is 1.73. The number of unbranched alkanes of at least 4 members (excludes halogenated alkanes) is 1. The van der Waals surface area contributed by atoms with Gasteiger partial charge >= 0.3 is 0 Å². The van der Waals surface area contributed by atoms with Crippen LogP contribution in [0.25, 0.3) is 0 Å². The number of carbonyl (C=O) groups is 2. The first-order chi connectivity index (χ1) is 10.7. The van der Waals surface area contributed by atoms with Gasteiger partial charge in [0, 0.05) is 31.5 Å². The van der Waals surface area contributed by atoms with Crippen LogP contribution in [0.4, 0.5) is 0 Å². The molecule has 4 heteroatoms. The monoisotopic (exact) mass is 308 g/mol. The highest BCUT2D eigenvalue weighted by Gasteiger charge is 2.32. The summed E-state index contributed by atoms with van der Waals surface area (Å²) in [5.74, 6) is 0.851. The van der Waals surface area contributed by atoms with Gasteiger partial charge in [0.05, 0.1) is 0 Å². The van der Waals surface area contributed by atoms with Crippen molar-refractivity contribution in [2.45, 2.75) is 71.1 Å². The molecule has 2 amide bonds. The van der Waals surface area contributed by atoms with E-state index < -0.39 is 0 Å². The van der Waals surface area contributed by atoms with Gasteiger partial charge < -0.3 is 10.2 Å². The summed E-state index contributed by atoms with van der Waals surface area (Å²) in [5.41, 5.74) is 0. The summed E-state index contributed by atoms with van der Waals surface area (Å²) in [6.07, 6.45) is 10.5. The van der Waals surface area contributed by atoms with Gasteiger partial charge in [0.15, 0.2) is 0 Å². The fourth-order valence-electron chi connectivity index (χ4n) is 3.68. The van der Waals surface area contributed by atoms with Crippen LogP contribution in [0.1, 0.15) is 71.1 Å². The lowest BCUT2D eigenvalue weighted by Crippen LogP contribution is -2.40. The van der Waals surface area contributed by atoms with E-state index in [1.165, 1.54) is 12.8 Å². The Bertz CT molecular complexity index is 354. The second-order valence-electron chi connectivity index (χ2n) is 6.93. The molecule has 22 heavy (non-hydrogen) atoms. The summed E-state index contributed by atoms with van der Waals surface area (Å²) in [7, 11) is 0. The van der Waals surface area contributed by atoms with Crippen LogP contribution in [0.2, 0.25) is 0 Å². The van der Waals surface area contributed by atoms with Crippen molar-refractivity contribution in [1.82, 2.24) is 10.2 Å². The standard InChI is InChI=1S/C18H32N2O2/c1-2-3-12-19-17(21)15-8-10-16(11-9-15)18(22)20-13-6-4-5-7-14-20/h15-16H,2-14H2,1H3,(H,19,21). The van der Waals surface area contributed by atoms with Crippen molar-refractivity contribution in [3.05, 3.63) is 0 Å². The molecule has 0 atom stereocenters. The summed E-state index contributed by atoms with van der Waals surface area (Å²) in [6, 6.07) is 0. The Morgan fingerprint density at radius 3 is 2.14 bits per heavy atom. The minimum atomic E-state index is 0.130. The van der Waals surface area contributed by atoms with Crippen molar-refractivity contribution in [2.75, 3.05) is 19.6 Å².